The van der Waals surface area contributed by atoms with Gasteiger partial charge in [-0.2, -0.15) is 0 Å². The summed E-state index contributed by atoms with van der Waals surface area (Å²) in [7, 11) is 0. The highest BCUT2D eigenvalue weighted by Gasteiger charge is 2.27. The second kappa shape index (κ2) is 4.85. The number of hydrogen-bond acceptors (Lipinski definition) is 3. The third-order valence-corrected chi connectivity index (χ3v) is 3.95. The zero-order valence-corrected chi connectivity index (χ0v) is 12.5. The molecule has 1 aromatic carbocycles. The van der Waals surface area contributed by atoms with Crippen LogP contribution in [0.15, 0.2) is 48.5 Å². The number of para-hydroxylation sites is 1. The molecule has 0 aliphatic heterocycles. The van der Waals surface area contributed by atoms with Crippen LogP contribution in [0.3, 0.4) is 0 Å². The van der Waals surface area contributed by atoms with Crippen molar-refractivity contribution in [2.24, 2.45) is 0 Å². The first-order chi connectivity index (χ1) is 9.98. The van der Waals surface area contributed by atoms with Crippen LogP contribution in [0.4, 0.5) is 0 Å². The molecule has 0 aliphatic carbocycles. The minimum absolute atomic E-state index is 0.0846. The molecule has 21 heavy (non-hydrogen) atoms. The molecule has 0 radical (unpaired) electrons. The maximum absolute atomic E-state index is 9.85. The van der Waals surface area contributed by atoms with E-state index in [1.807, 2.05) is 43.3 Å². The van der Waals surface area contributed by atoms with Crippen molar-refractivity contribution >= 4 is 10.9 Å². The van der Waals surface area contributed by atoms with Crippen LogP contribution >= 0.6 is 0 Å². The largest absolute Gasteiger partial charge is 0.493 e. The average Bonchev–Trinajstić information content (AvgIpc) is 2.49. The summed E-state index contributed by atoms with van der Waals surface area (Å²) in [6, 6.07) is 16.0. The molecule has 1 N–H and O–H groups in total. The third-order valence-electron chi connectivity index (χ3n) is 3.95. The average molecular weight is 278 g/mol. The van der Waals surface area contributed by atoms with E-state index in [0.29, 0.717) is 0 Å². The first-order valence-electron chi connectivity index (χ1n) is 7.02. The highest BCUT2D eigenvalue weighted by Crippen LogP contribution is 2.31. The summed E-state index contributed by atoms with van der Waals surface area (Å²) in [5.41, 5.74) is 3.14. The molecule has 0 saturated heterocycles. The van der Waals surface area contributed by atoms with Crippen molar-refractivity contribution in [3.8, 4) is 5.88 Å². The van der Waals surface area contributed by atoms with Gasteiger partial charge >= 0.3 is 0 Å². The van der Waals surface area contributed by atoms with Gasteiger partial charge in [-0.1, -0.05) is 30.3 Å². The number of aromatic nitrogens is 2. The predicted octanol–water partition coefficient (Wildman–Crippen LogP) is 3.97. The first-order valence-corrected chi connectivity index (χ1v) is 7.02. The Labute approximate surface area is 124 Å². The Morgan fingerprint density at radius 1 is 0.857 bits per heavy atom. The fourth-order valence-corrected chi connectivity index (χ4v) is 2.41. The van der Waals surface area contributed by atoms with Crippen LogP contribution in [-0.4, -0.2) is 15.1 Å². The fraction of sp³-hybridized carbons (Fsp3) is 0.222. The van der Waals surface area contributed by atoms with E-state index in [-0.39, 0.29) is 11.3 Å². The second-order valence-corrected chi connectivity index (χ2v) is 5.85. The minimum Gasteiger partial charge on any atom is -0.493 e. The normalized spacial score (nSPS) is 11.8. The van der Waals surface area contributed by atoms with Gasteiger partial charge in [0.05, 0.1) is 16.9 Å². The standard InChI is InChI=1S/C18H18N2O/c1-12-8-10-16(20-17(12)21)18(2,3)15-11-9-13-6-4-5-7-14(13)19-15/h4-11H,1-3H3,(H,20,21). The summed E-state index contributed by atoms with van der Waals surface area (Å²) in [5, 5.41) is 11.0. The molecule has 3 aromatic rings. The van der Waals surface area contributed by atoms with Crippen molar-refractivity contribution in [3.05, 3.63) is 65.5 Å². The summed E-state index contributed by atoms with van der Waals surface area (Å²) in [6.07, 6.45) is 0. The third kappa shape index (κ3) is 2.35. The zero-order valence-electron chi connectivity index (χ0n) is 12.5. The monoisotopic (exact) mass is 278 g/mol. The van der Waals surface area contributed by atoms with Gasteiger partial charge in [0.2, 0.25) is 5.88 Å². The van der Waals surface area contributed by atoms with Gasteiger partial charge in [-0.15, -0.1) is 0 Å². The Balaban J connectivity index is 2.12. The van der Waals surface area contributed by atoms with E-state index in [2.05, 4.69) is 31.0 Å². The van der Waals surface area contributed by atoms with Crippen molar-refractivity contribution in [1.29, 1.82) is 0 Å². The predicted molar refractivity (Wildman–Crippen MR) is 84.5 cm³/mol. The molecule has 0 spiro atoms. The lowest BCUT2D eigenvalue weighted by Gasteiger charge is -2.24. The lowest BCUT2D eigenvalue weighted by Crippen LogP contribution is -2.22. The number of nitrogens with zero attached hydrogens (tertiary/aromatic N) is 2. The lowest BCUT2D eigenvalue weighted by atomic mass is 9.84. The van der Waals surface area contributed by atoms with Crippen LogP contribution in [0, 0.1) is 6.92 Å². The van der Waals surface area contributed by atoms with Gasteiger partial charge < -0.3 is 5.11 Å². The van der Waals surface area contributed by atoms with Gasteiger partial charge in [0, 0.05) is 16.4 Å². The van der Waals surface area contributed by atoms with E-state index in [9.17, 15) is 5.11 Å². The molecule has 106 valence electrons. The van der Waals surface area contributed by atoms with Crippen LogP contribution in [-0.2, 0) is 5.41 Å². The second-order valence-electron chi connectivity index (χ2n) is 5.85. The molecule has 2 heterocycles. The smallest absolute Gasteiger partial charge is 0.214 e. The number of benzene rings is 1. The zero-order chi connectivity index (χ0) is 15.0. The van der Waals surface area contributed by atoms with Crippen LogP contribution in [0.2, 0.25) is 0 Å². The highest BCUT2D eigenvalue weighted by atomic mass is 16.3. The fourth-order valence-electron chi connectivity index (χ4n) is 2.41. The molecule has 0 amide bonds. The van der Waals surface area contributed by atoms with Crippen molar-refractivity contribution in [2.45, 2.75) is 26.2 Å². The number of rotatable bonds is 2. The van der Waals surface area contributed by atoms with Gasteiger partial charge in [-0.05, 0) is 39.0 Å². The van der Waals surface area contributed by atoms with Crippen molar-refractivity contribution in [2.75, 3.05) is 0 Å². The molecule has 0 unspecified atom stereocenters. The van der Waals surface area contributed by atoms with Gasteiger partial charge in [-0.3, -0.25) is 4.98 Å². The van der Waals surface area contributed by atoms with Gasteiger partial charge in [0.15, 0.2) is 0 Å². The molecule has 0 atom stereocenters. The molecule has 3 heteroatoms. The summed E-state index contributed by atoms with van der Waals surface area (Å²) < 4.78 is 0. The lowest BCUT2D eigenvalue weighted by molar-refractivity contribution is 0.440. The molecule has 3 nitrogen and oxygen atoms in total. The van der Waals surface area contributed by atoms with Crippen molar-refractivity contribution < 1.29 is 5.11 Å². The Morgan fingerprint density at radius 2 is 1.52 bits per heavy atom. The van der Waals surface area contributed by atoms with E-state index in [1.165, 1.54) is 0 Å². The van der Waals surface area contributed by atoms with Crippen LogP contribution in [0.5, 0.6) is 5.88 Å². The van der Waals surface area contributed by atoms with Gasteiger partial charge in [0.1, 0.15) is 0 Å². The number of aryl methyl sites for hydroxylation is 1. The summed E-state index contributed by atoms with van der Waals surface area (Å²) in [6.45, 7) is 5.98. The molecule has 0 fully saturated rings. The molecule has 2 aromatic heterocycles. The molecule has 0 aliphatic rings. The molecule has 3 rings (SSSR count). The van der Waals surface area contributed by atoms with Crippen molar-refractivity contribution in [1.82, 2.24) is 9.97 Å². The number of aromatic hydroxyl groups is 1. The maximum Gasteiger partial charge on any atom is 0.214 e. The topological polar surface area (TPSA) is 46.0 Å². The van der Waals surface area contributed by atoms with E-state index >= 15 is 0 Å². The number of pyridine rings is 2. The summed E-state index contributed by atoms with van der Waals surface area (Å²) in [4.78, 5) is 9.07. The molecular formula is C18H18N2O. The van der Waals surface area contributed by atoms with Crippen LogP contribution < -0.4 is 0 Å². The number of hydrogen-bond donors (Lipinski definition) is 1. The summed E-state index contributed by atoms with van der Waals surface area (Å²) >= 11 is 0. The first kappa shape index (κ1) is 13.6. The van der Waals surface area contributed by atoms with Crippen LogP contribution in [0.25, 0.3) is 10.9 Å². The molecule has 0 bridgehead atoms. The summed E-state index contributed by atoms with van der Waals surface area (Å²) in [5.74, 6) is 0.0846. The quantitative estimate of drug-likeness (QED) is 0.771. The molecular weight excluding hydrogens is 260 g/mol. The van der Waals surface area contributed by atoms with E-state index in [4.69, 9.17) is 4.98 Å². The minimum atomic E-state index is -0.366. The Kier molecular flexibility index (Phi) is 3.13. The Bertz CT molecular complexity index is 809. The van der Waals surface area contributed by atoms with E-state index < -0.39 is 0 Å². The Hall–Kier alpha value is -2.42. The SMILES string of the molecule is Cc1ccc(C(C)(C)c2ccc3ccccc3n2)nc1O. The van der Waals surface area contributed by atoms with Crippen LogP contribution in [0.1, 0.15) is 30.8 Å². The Morgan fingerprint density at radius 3 is 2.29 bits per heavy atom. The maximum atomic E-state index is 9.85. The molecule has 0 saturated carbocycles. The van der Waals surface area contributed by atoms with Crippen molar-refractivity contribution in [3.63, 3.8) is 0 Å². The van der Waals surface area contributed by atoms with E-state index in [0.717, 1.165) is 27.9 Å². The van der Waals surface area contributed by atoms with Gasteiger partial charge in [-0.25, -0.2) is 4.98 Å². The highest BCUT2D eigenvalue weighted by molar-refractivity contribution is 5.78. The van der Waals surface area contributed by atoms with Gasteiger partial charge in [0.25, 0.3) is 0 Å². The van der Waals surface area contributed by atoms with E-state index in [1.54, 1.807) is 0 Å². The number of fused-ring (bicyclic) bond motifs is 1.